The molecule has 1 heterocycles. The zero-order valence-electron chi connectivity index (χ0n) is 12.9. The van der Waals surface area contributed by atoms with Crippen molar-refractivity contribution in [1.29, 1.82) is 5.26 Å². The highest BCUT2D eigenvalue weighted by Gasteiger charge is 2.23. The molecule has 22 heavy (non-hydrogen) atoms. The Morgan fingerprint density at radius 2 is 2.09 bits per heavy atom. The molecular weight excluding hydrogens is 278 g/mol. The van der Waals surface area contributed by atoms with Crippen molar-refractivity contribution >= 4 is 11.6 Å². The Balaban J connectivity index is 2.15. The molecule has 1 aliphatic rings. The van der Waals surface area contributed by atoms with E-state index < -0.39 is 5.91 Å². The van der Waals surface area contributed by atoms with Crippen LogP contribution in [0.4, 0.5) is 5.69 Å². The summed E-state index contributed by atoms with van der Waals surface area (Å²) in [6, 6.07) is 8.88. The molecule has 0 aliphatic carbocycles. The molecule has 1 aliphatic heterocycles. The summed E-state index contributed by atoms with van der Waals surface area (Å²) in [6.45, 7) is 4.21. The predicted molar refractivity (Wildman–Crippen MR) is 85.0 cm³/mol. The Morgan fingerprint density at radius 3 is 2.68 bits per heavy atom. The Morgan fingerprint density at radius 1 is 1.41 bits per heavy atom. The molecule has 1 aromatic rings. The lowest BCUT2D eigenvalue weighted by Gasteiger charge is -2.38. The molecule has 2 rings (SSSR count). The molecule has 0 spiro atoms. The lowest BCUT2D eigenvalue weighted by molar-refractivity contribution is -0.112. The van der Waals surface area contributed by atoms with Gasteiger partial charge in [-0.1, -0.05) is 6.07 Å². The van der Waals surface area contributed by atoms with Crippen LogP contribution < -0.4 is 5.32 Å². The van der Waals surface area contributed by atoms with Crippen LogP contribution in [0, 0.1) is 11.3 Å². The monoisotopic (exact) mass is 299 g/mol. The smallest absolute Gasteiger partial charge is 0.267 e. The van der Waals surface area contributed by atoms with Crippen molar-refractivity contribution in [3.63, 3.8) is 0 Å². The summed E-state index contributed by atoms with van der Waals surface area (Å²) in [7, 11) is 0. The SMILES string of the molecule is CC1CCCC(C)N1/C=C(/C#N)C(=O)Nc1cccc(O)c1. The molecule has 5 nitrogen and oxygen atoms in total. The van der Waals surface area contributed by atoms with Gasteiger partial charge in [0.2, 0.25) is 0 Å². The Bertz CT molecular complexity index is 609. The number of nitrogens with one attached hydrogen (secondary N) is 1. The van der Waals surface area contributed by atoms with E-state index in [2.05, 4.69) is 24.1 Å². The van der Waals surface area contributed by atoms with Gasteiger partial charge in [-0.25, -0.2) is 0 Å². The van der Waals surface area contributed by atoms with Crippen molar-refractivity contribution < 1.29 is 9.90 Å². The minimum Gasteiger partial charge on any atom is -0.508 e. The van der Waals surface area contributed by atoms with E-state index in [-0.39, 0.29) is 11.3 Å². The minimum atomic E-state index is -0.460. The number of anilines is 1. The number of hydrogen-bond acceptors (Lipinski definition) is 4. The number of rotatable bonds is 3. The zero-order chi connectivity index (χ0) is 16.1. The van der Waals surface area contributed by atoms with E-state index in [1.165, 1.54) is 18.6 Å². The van der Waals surface area contributed by atoms with Crippen molar-refractivity contribution in [3.8, 4) is 11.8 Å². The number of amides is 1. The molecule has 2 atom stereocenters. The first kappa shape index (κ1) is 15.9. The van der Waals surface area contributed by atoms with Gasteiger partial charge in [-0.05, 0) is 45.2 Å². The van der Waals surface area contributed by atoms with Crippen LogP contribution in [0.15, 0.2) is 36.0 Å². The fourth-order valence-corrected chi connectivity index (χ4v) is 2.77. The number of nitrogens with zero attached hydrogens (tertiary/aromatic N) is 2. The first-order chi connectivity index (χ1) is 10.5. The first-order valence-electron chi connectivity index (χ1n) is 7.51. The number of likely N-dealkylation sites (tertiary alicyclic amines) is 1. The number of nitriles is 1. The molecular formula is C17H21N3O2. The number of phenolic OH excluding ortho intramolecular Hbond substituents is 1. The molecule has 1 aromatic carbocycles. The first-order valence-corrected chi connectivity index (χ1v) is 7.51. The summed E-state index contributed by atoms with van der Waals surface area (Å²) in [5, 5.41) is 21.3. The quantitative estimate of drug-likeness (QED) is 0.664. The van der Waals surface area contributed by atoms with Gasteiger partial charge in [0.1, 0.15) is 17.4 Å². The van der Waals surface area contributed by atoms with Gasteiger partial charge in [0.15, 0.2) is 0 Å². The third-order valence-electron chi connectivity index (χ3n) is 4.01. The largest absolute Gasteiger partial charge is 0.508 e. The number of phenols is 1. The summed E-state index contributed by atoms with van der Waals surface area (Å²) < 4.78 is 0. The molecule has 5 heteroatoms. The topological polar surface area (TPSA) is 76.4 Å². The van der Waals surface area contributed by atoms with Gasteiger partial charge in [0.05, 0.1) is 0 Å². The third-order valence-corrected chi connectivity index (χ3v) is 4.01. The summed E-state index contributed by atoms with van der Waals surface area (Å²) in [5.74, 6) is -0.392. The summed E-state index contributed by atoms with van der Waals surface area (Å²) in [4.78, 5) is 14.3. The highest BCUT2D eigenvalue weighted by molar-refractivity contribution is 6.06. The fourth-order valence-electron chi connectivity index (χ4n) is 2.77. The number of aromatic hydroxyl groups is 1. The van der Waals surface area contributed by atoms with E-state index in [1.807, 2.05) is 6.07 Å². The second kappa shape index (κ2) is 6.99. The molecule has 116 valence electrons. The van der Waals surface area contributed by atoms with Gasteiger partial charge in [-0.2, -0.15) is 5.26 Å². The van der Waals surface area contributed by atoms with Crippen LogP contribution in [0.3, 0.4) is 0 Å². The van der Waals surface area contributed by atoms with Gasteiger partial charge in [0.25, 0.3) is 5.91 Å². The van der Waals surface area contributed by atoms with E-state index in [4.69, 9.17) is 0 Å². The Hall–Kier alpha value is -2.48. The maximum atomic E-state index is 12.2. The van der Waals surface area contributed by atoms with Crippen molar-refractivity contribution in [3.05, 3.63) is 36.0 Å². The minimum absolute atomic E-state index is 0.0681. The molecule has 2 unspecified atom stereocenters. The van der Waals surface area contributed by atoms with E-state index >= 15 is 0 Å². The van der Waals surface area contributed by atoms with Crippen LogP contribution >= 0.6 is 0 Å². The van der Waals surface area contributed by atoms with Crippen molar-refractivity contribution in [2.24, 2.45) is 0 Å². The van der Waals surface area contributed by atoms with E-state index in [0.717, 1.165) is 12.8 Å². The number of carbonyl (C=O) groups excluding carboxylic acids is 1. The van der Waals surface area contributed by atoms with Gasteiger partial charge < -0.3 is 15.3 Å². The van der Waals surface area contributed by atoms with Crippen LogP contribution in [-0.2, 0) is 4.79 Å². The highest BCUT2D eigenvalue weighted by atomic mass is 16.3. The summed E-state index contributed by atoms with van der Waals surface area (Å²) in [6.07, 6.45) is 4.96. The van der Waals surface area contributed by atoms with E-state index in [9.17, 15) is 15.2 Å². The number of piperidine rings is 1. The van der Waals surface area contributed by atoms with Crippen LogP contribution in [0.25, 0.3) is 0 Å². The summed E-state index contributed by atoms with van der Waals surface area (Å²) >= 11 is 0. The molecule has 1 amide bonds. The Labute approximate surface area is 130 Å². The van der Waals surface area contributed by atoms with Crippen LogP contribution in [0.2, 0.25) is 0 Å². The van der Waals surface area contributed by atoms with Gasteiger partial charge in [0, 0.05) is 30.0 Å². The van der Waals surface area contributed by atoms with E-state index in [0.29, 0.717) is 17.8 Å². The number of carbonyl (C=O) groups is 1. The lowest BCUT2D eigenvalue weighted by atomic mass is 9.98. The Kier molecular flexibility index (Phi) is 5.05. The highest BCUT2D eigenvalue weighted by Crippen LogP contribution is 2.24. The average Bonchev–Trinajstić information content (AvgIpc) is 2.47. The van der Waals surface area contributed by atoms with Crippen LogP contribution in [-0.4, -0.2) is 28.0 Å². The van der Waals surface area contributed by atoms with Crippen LogP contribution in [0.5, 0.6) is 5.75 Å². The molecule has 0 radical (unpaired) electrons. The predicted octanol–water partition coefficient (Wildman–Crippen LogP) is 3.00. The van der Waals surface area contributed by atoms with Crippen molar-refractivity contribution in [2.45, 2.75) is 45.2 Å². The van der Waals surface area contributed by atoms with E-state index in [1.54, 1.807) is 18.3 Å². The lowest BCUT2D eigenvalue weighted by Crippen LogP contribution is -2.40. The van der Waals surface area contributed by atoms with Gasteiger partial charge in [-0.3, -0.25) is 4.79 Å². The van der Waals surface area contributed by atoms with Crippen LogP contribution in [0.1, 0.15) is 33.1 Å². The molecule has 2 N–H and O–H groups in total. The summed E-state index contributed by atoms with van der Waals surface area (Å²) in [5.41, 5.74) is 0.537. The number of benzene rings is 1. The van der Waals surface area contributed by atoms with Crippen molar-refractivity contribution in [2.75, 3.05) is 5.32 Å². The average molecular weight is 299 g/mol. The zero-order valence-corrected chi connectivity index (χ0v) is 12.9. The molecule has 1 saturated heterocycles. The molecule has 0 bridgehead atoms. The number of hydrogen-bond donors (Lipinski definition) is 2. The maximum absolute atomic E-state index is 12.2. The van der Waals surface area contributed by atoms with Gasteiger partial charge in [-0.15, -0.1) is 0 Å². The molecule has 0 aromatic heterocycles. The molecule has 0 saturated carbocycles. The fraction of sp³-hybridized carbons (Fsp3) is 0.412. The van der Waals surface area contributed by atoms with Crippen molar-refractivity contribution in [1.82, 2.24) is 4.90 Å². The normalized spacial score (nSPS) is 22.0. The molecule has 1 fully saturated rings. The standard InChI is InChI=1S/C17H21N3O2/c1-12-5-3-6-13(2)20(12)11-14(10-18)17(22)19-15-7-4-8-16(21)9-15/h4,7-9,11-13,21H,3,5-6H2,1-2H3,(H,19,22)/b14-11-. The second-order valence-corrected chi connectivity index (χ2v) is 5.74. The third kappa shape index (κ3) is 3.79. The second-order valence-electron chi connectivity index (χ2n) is 5.74. The maximum Gasteiger partial charge on any atom is 0.267 e. The van der Waals surface area contributed by atoms with Gasteiger partial charge >= 0.3 is 0 Å².